The van der Waals surface area contributed by atoms with Gasteiger partial charge < -0.3 is 19.8 Å². The molecule has 2 heterocycles. The number of likely N-dealkylation sites (N-methyl/N-ethyl adjacent to an activating group) is 1. The van der Waals surface area contributed by atoms with Crippen molar-refractivity contribution < 1.29 is 14.8 Å². The van der Waals surface area contributed by atoms with Crippen LogP contribution in [0.4, 0.5) is 5.69 Å². The average molecular weight is 456 g/mol. The standard InChI is InChI=1S/C22H23BrN4O2/c1-3-10-27(2)11-12-29-26-20-15-6-4-5-7-17(15)24-21(20)19-16-13-14(23)8-9-18(16)25-22(19)28/h4-9,13,25,28H,3,10-12H2,1-2H3/p+1/b26-20+. The average Bonchev–Trinajstić information content (AvgIpc) is 3.21. The van der Waals surface area contributed by atoms with E-state index in [2.05, 4.69) is 40.0 Å². The van der Waals surface area contributed by atoms with E-state index in [0.717, 1.165) is 46.1 Å². The molecule has 0 saturated carbocycles. The number of hydrogen-bond acceptors (Lipinski definition) is 4. The van der Waals surface area contributed by atoms with E-state index in [1.165, 1.54) is 4.90 Å². The Morgan fingerprint density at radius 1 is 1.21 bits per heavy atom. The second-order valence-corrected chi connectivity index (χ2v) is 8.16. The van der Waals surface area contributed by atoms with Crippen molar-refractivity contribution in [2.45, 2.75) is 13.3 Å². The maximum Gasteiger partial charge on any atom is 0.199 e. The zero-order valence-corrected chi connectivity index (χ0v) is 18.1. The topological polar surface area (TPSA) is 74.4 Å². The van der Waals surface area contributed by atoms with Gasteiger partial charge in [-0.2, -0.15) is 0 Å². The van der Waals surface area contributed by atoms with Gasteiger partial charge in [0, 0.05) is 20.9 Å². The van der Waals surface area contributed by atoms with Crippen molar-refractivity contribution in [3.63, 3.8) is 0 Å². The molecule has 0 amide bonds. The molecule has 3 N–H and O–H groups in total. The summed E-state index contributed by atoms with van der Waals surface area (Å²) >= 11 is 3.51. The van der Waals surface area contributed by atoms with Crippen LogP contribution in [0.15, 0.2) is 57.1 Å². The summed E-state index contributed by atoms with van der Waals surface area (Å²) in [5, 5.41) is 16.0. The van der Waals surface area contributed by atoms with E-state index in [9.17, 15) is 5.11 Å². The molecular weight excluding hydrogens is 432 g/mol. The van der Waals surface area contributed by atoms with Crippen molar-refractivity contribution >= 4 is 43.9 Å². The molecular formula is C22H24BrN4O2+. The molecule has 6 nitrogen and oxygen atoms in total. The largest absolute Gasteiger partial charge is 0.494 e. The van der Waals surface area contributed by atoms with Crippen LogP contribution >= 0.6 is 15.9 Å². The number of nitrogens with one attached hydrogen (secondary N) is 2. The number of quaternary nitrogens is 1. The summed E-state index contributed by atoms with van der Waals surface area (Å²) in [4.78, 5) is 14.9. The Morgan fingerprint density at radius 3 is 2.86 bits per heavy atom. The lowest BCUT2D eigenvalue weighted by Gasteiger charge is -2.11. The highest BCUT2D eigenvalue weighted by atomic mass is 79.9. The molecule has 0 spiro atoms. The number of nitrogens with zero attached hydrogens (tertiary/aromatic N) is 2. The van der Waals surface area contributed by atoms with Crippen LogP contribution in [0.25, 0.3) is 10.9 Å². The van der Waals surface area contributed by atoms with Gasteiger partial charge in [0.25, 0.3) is 0 Å². The van der Waals surface area contributed by atoms with E-state index < -0.39 is 0 Å². The zero-order chi connectivity index (χ0) is 20.4. The number of aromatic hydroxyl groups is 1. The quantitative estimate of drug-likeness (QED) is 0.377. The summed E-state index contributed by atoms with van der Waals surface area (Å²) in [5.74, 6) is 0.0736. The maximum absolute atomic E-state index is 10.6. The Bertz CT molecular complexity index is 1100. The number of hydrogen-bond donors (Lipinski definition) is 3. The fraction of sp³-hybridized carbons (Fsp3) is 0.273. The SMILES string of the molecule is CCC[NH+](C)CCO/N=C1/C(c2c(O)[nH]c3ccc(Br)cc23)=Nc2ccccc21. The van der Waals surface area contributed by atoms with Gasteiger partial charge in [0.15, 0.2) is 12.5 Å². The van der Waals surface area contributed by atoms with Gasteiger partial charge in [-0.15, -0.1) is 0 Å². The second kappa shape index (κ2) is 8.39. The van der Waals surface area contributed by atoms with Crippen LogP contribution in [0.2, 0.25) is 0 Å². The van der Waals surface area contributed by atoms with E-state index in [-0.39, 0.29) is 5.88 Å². The van der Waals surface area contributed by atoms with Crippen molar-refractivity contribution in [2.75, 3.05) is 26.7 Å². The molecule has 1 aromatic heterocycles. The lowest BCUT2D eigenvalue weighted by molar-refractivity contribution is -0.880. The van der Waals surface area contributed by atoms with Crippen LogP contribution in [0, 0.1) is 0 Å². The number of para-hydroxylation sites is 1. The van der Waals surface area contributed by atoms with Crippen molar-refractivity contribution in [1.29, 1.82) is 0 Å². The minimum atomic E-state index is 0.0736. The molecule has 4 rings (SSSR count). The molecule has 150 valence electrons. The van der Waals surface area contributed by atoms with Crippen LogP contribution in [-0.2, 0) is 4.84 Å². The van der Waals surface area contributed by atoms with Crippen molar-refractivity contribution in [1.82, 2.24) is 4.98 Å². The van der Waals surface area contributed by atoms with Crippen molar-refractivity contribution in [3.05, 3.63) is 58.1 Å². The van der Waals surface area contributed by atoms with E-state index in [0.29, 0.717) is 23.6 Å². The molecule has 7 heteroatoms. The van der Waals surface area contributed by atoms with Crippen molar-refractivity contribution in [3.8, 4) is 5.88 Å². The third-order valence-electron chi connectivity index (χ3n) is 5.05. The van der Waals surface area contributed by atoms with E-state index >= 15 is 0 Å². The fourth-order valence-corrected chi connectivity index (χ4v) is 3.97. The van der Waals surface area contributed by atoms with Gasteiger partial charge in [-0.25, -0.2) is 4.99 Å². The normalized spacial score (nSPS) is 15.6. The van der Waals surface area contributed by atoms with E-state index in [4.69, 9.17) is 9.83 Å². The first-order chi connectivity index (χ1) is 14.1. The lowest BCUT2D eigenvalue weighted by Crippen LogP contribution is -3.09. The number of halogens is 1. The fourth-order valence-electron chi connectivity index (χ4n) is 3.61. The molecule has 0 aliphatic carbocycles. The summed E-state index contributed by atoms with van der Waals surface area (Å²) in [6.07, 6.45) is 1.14. The Hall–Kier alpha value is -2.64. The number of rotatable bonds is 7. The van der Waals surface area contributed by atoms with Gasteiger partial charge in [-0.1, -0.05) is 46.2 Å². The highest BCUT2D eigenvalue weighted by molar-refractivity contribution is 9.10. The first kappa shape index (κ1) is 19.7. The number of aliphatic imine (C=N–C) groups is 1. The summed E-state index contributed by atoms with van der Waals surface area (Å²) < 4.78 is 0.929. The second-order valence-electron chi connectivity index (χ2n) is 7.25. The Labute approximate surface area is 178 Å². The van der Waals surface area contributed by atoms with Crippen LogP contribution in [0.1, 0.15) is 24.5 Å². The molecule has 1 aliphatic heterocycles. The Kier molecular flexibility index (Phi) is 5.69. The van der Waals surface area contributed by atoms with E-state index in [1.54, 1.807) is 0 Å². The molecule has 1 unspecified atom stereocenters. The van der Waals surface area contributed by atoms with Crippen LogP contribution < -0.4 is 4.90 Å². The third-order valence-corrected chi connectivity index (χ3v) is 5.54. The van der Waals surface area contributed by atoms with Gasteiger partial charge in [-0.3, -0.25) is 0 Å². The minimum absolute atomic E-state index is 0.0736. The molecule has 0 bridgehead atoms. The van der Waals surface area contributed by atoms with Crippen LogP contribution in [0.5, 0.6) is 5.88 Å². The molecule has 2 aromatic carbocycles. The van der Waals surface area contributed by atoms with Crippen LogP contribution in [0.3, 0.4) is 0 Å². The number of aromatic nitrogens is 1. The van der Waals surface area contributed by atoms with Gasteiger partial charge in [-0.05, 0) is 30.7 Å². The van der Waals surface area contributed by atoms with E-state index in [1.807, 2.05) is 42.5 Å². The molecule has 0 fully saturated rings. The van der Waals surface area contributed by atoms with Gasteiger partial charge in [0.05, 0.1) is 24.8 Å². The number of H-pyrrole nitrogens is 1. The first-order valence-corrected chi connectivity index (χ1v) is 10.6. The first-order valence-electron chi connectivity index (χ1n) is 9.78. The molecule has 1 atom stereocenters. The minimum Gasteiger partial charge on any atom is -0.494 e. The lowest BCUT2D eigenvalue weighted by atomic mass is 10.0. The number of benzene rings is 2. The smallest absolute Gasteiger partial charge is 0.199 e. The number of aromatic amines is 1. The zero-order valence-electron chi connectivity index (χ0n) is 16.5. The molecule has 3 aromatic rings. The highest BCUT2D eigenvalue weighted by Gasteiger charge is 2.29. The molecule has 1 aliphatic rings. The Balaban J connectivity index is 1.70. The maximum atomic E-state index is 10.6. The Morgan fingerprint density at radius 2 is 2.03 bits per heavy atom. The summed E-state index contributed by atoms with van der Waals surface area (Å²) in [6, 6.07) is 13.6. The van der Waals surface area contributed by atoms with Crippen LogP contribution in [-0.4, -0.2) is 48.3 Å². The number of fused-ring (bicyclic) bond motifs is 2. The number of oxime groups is 1. The van der Waals surface area contributed by atoms with Gasteiger partial charge in [0.1, 0.15) is 18.0 Å². The highest BCUT2D eigenvalue weighted by Crippen LogP contribution is 2.36. The molecule has 0 saturated heterocycles. The van der Waals surface area contributed by atoms with Crippen molar-refractivity contribution in [2.24, 2.45) is 10.1 Å². The molecule has 29 heavy (non-hydrogen) atoms. The monoisotopic (exact) mass is 455 g/mol. The summed E-state index contributed by atoms with van der Waals surface area (Å²) in [6.45, 7) is 4.68. The molecule has 0 radical (unpaired) electrons. The summed E-state index contributed by atoms with van der Waals surface area (Å²) in [5.41, 5.74) is 4.45. The summed E-state index contributed by atoms with van der Waals surface area (Å²) in [7, 11) is 2.15. The van der Waals surface area contributed by atoms with Gasteiger partial charge in [0.2, 0.25) is 0 Å². The van der Waals surface area contributed by atoms with Gasteiger partial charge >= 0.3 is 0 Å². The predicted molar refractivity (Wildman–Crippen MR) is 120 cm³/mol. The third kappa shape index (κ3) is 3.93. The predicted octanol–water partition coefficient (Wildman–Crippen LogP) is 3.42.